The van der Waals surface area contributed by atoms with Crippen molar-refractivity contribution in [3.05, 3.63) is 71.3 Å². The first-order valence-corrected chi connectivity index (χ1v) is 8.02. The summed E-state index contributed by atoms with van der Waals surface area (Å²) in [5, 5.41) is 0. The first-order valence-electron chi connectivity index (χ1n) is 8.02. The number of rotatable bonds is 5. The number of nitrogen functional groups attached to an aromatic ring is 1. The summed E-state index contributed by atoms with van der Waals surface area (Å²) in [7, 11) is 1.34. The summed E-state index contributed by atoms with van der Waals surface area (Å²) >= 11 is 0. The van der Waals surface area contributed by atoms with Gasteiger partial charge >= 0.3 is 6.18 Å². The zero-order chi connectivity index (χ0) is 21.1. The number of pyridine rings is 1. The number of nitrogens with zero attached hydrogens (tertiary/aromatic N) is 2. The number of benzene rings is 1. The van der Waals surface area contributed by atoms with Crippen molar-refractivity contribution in [3.63, 3.8) is 0 Å². The molecule has 0 aliphatic heterocycles. The Hall–Kier alpha value is -3.49. The van der Waals surface area contributed by atoms with Gasteiger partial charge in [0.15, 0.2) is 0 Å². The molecule has 2 aromatic rings. The van der Waals surface area contributed by atoms with Crippen molar-refractivity contribution in [1.29, 1.82) is 0 Å². The fraction of sp³-hybridized carbons (Fsp3) is 0.158. The third-order valence-electron chi connectivity index (χ3n) is 3.74. The van der Waals surface area contributed by atoms with Gasteiger partial charge in [0.2, 0.25) is 0 Å². The van der Waals surface area contributed by atoms with E-state index < -0.39 is 11.7 Å². The molecular weight excluding hydrogens is 371 g/mol. The molecule has 148 valence electrons. The number of ether oxygens (including phenoxy) is 1. The minimum atomic E-state index is -4.56. The zero-order valence-corrected chi connectivity index (χ0v) is 15.3. The Kier molecular flexibility index (Phi) is 5.97. The summed E-state index contributed by atoms with van der Waals surface area (Å²) in [5.41, 5.74) is 17.7. The highest BCUT2D eigenvalue weighted by Gasteiger charge is 2.32. The molecule has 6 N–H and O–H groups in total. The van der Waals surface area contributed by atoms with Crippen LogP contribution in [0.4, 0.5) is 19.0 Å². The second-order valence-electron chi connectivity index (χ2n) is 5.89. The van der Waals surface area contributed by atoms with Crippen LogP contribution in [0.3, 0.4) is 0 Å². The van der Waals surface area contributed by atoms with Gasteiger partial charge in [0.1, 0.15) is 17.4 Å². The maximum absolute atomic E-state index is 13.3. The zero-order valence-electron chi connectivity index (χ0n) is 15.3. The van der Waals surface area contributed by atoms with Gasteiger partial charge in [-0.15, -0.1) is 0 Å². The fourth-order valence-corrected chi connectivity index (χ4v) is 2.57. The fourth-order valence-electron chi connectivity index (χ4n) is 2.57. The SMILES string of the molecule is C=C(N)/N=C(\C(=C(\C)N)c1ccc(N)nc1)c1cc(C(F)(F)F)ccc1OC. The van der Waals surface area contributed by atoms with E-state index in [9.17, 15) is 13.2 Å². The molecule has 0 bridgehead atoms. The van der Waals surface area contributed by atoms with Gasteiger partial charge in [-0.1, -0.05) is 6.58 Å². The van der Waals surface area contributed by atoms with Crippen molar-refractivity contribution >= 4 is 17.1 Å². The maximum Gasteiger partial charge on any atom is 0.416 e. The van der Waals surface area contributed by atoms with Crippen LogP contribution >= 0.6 is 0 Å². The number of methoxy groups -OCH3 is 1. The van der Waals surface area contributed by atoms with E-state index in [4.69, 9.17) is 21.9 Å². The number of aliphatic imine (C=N–C) groups is 1. The average Bonchev–Trinajstić information content (AvgIpc) is 2.60. The maximum atomic E-state index is 13.3. The lowest BCUT2D eigenvalue weighted by Crippen LogP contribution is -2.15. The van der Waals surface area contributed by atoms with E-state index in [0.717, 1.165) is 12.1 Å². The number of allylic oxidation sites excluding steroid dienone is 2. The van der Waals surface area contributed by atoms with Crippen LogP contribution in [0, 0.1) is 0 Å². The van der Waals surface area contributed by atoms with E-state index in [2.05, 4.69) is 16.6 Å². The van der Waals surface area contributed by atoms with Crippen LogP contribution in [0.25, 0.3) is 5.57 Å². The molecule has 0 atom stereocenters. The predicted octanol–water partition coefficient (Wildman–Crippen LogP) is 3.30. The van der Waals surface area contributed by atoms with E-state index in [0.29, 0.717) is 11.1 Å². The Balaban J connectivity index is 2.82. The molecule has 0 amide bonds. The summed E-state index contributed by atoms with van der Waals surface area (Å²) in [5.74, 6) is 0.322. The largest absolute Gasteiger partial charge is 0.496 e. The topological polar surface area (TPSA) is 113 Å². The lowest BCUT2D eigenvalue weighted by atomic mass is 9.93. The van der Waals surface area contributed by atoms with Crippen molar-refractivity contribution in [2.75, 3.05) is 12.8 Å². The summed E-state index contributed by atoms with van der Waals surface area (Å²) in [6, 6.07) is 6.21. The molecule has 28 heavy (non-hydrogen) atoms. The lowest BCUT2D eigenvalue weighted by molar-refractivity contribution is -0.137. The molecule has 2 rings (SSSR count). The number of anilines is 1. The third-order valence-corrected chi connectivity index (χ3v) is 3.74. The Morgan fingerprint density at radius 2 is 1.86 bits per heavy atom. The van der Waals surface area contributed by atoms with E-state index >= 15 is 0 Å². The number of halogens is 3. The van der Waals surface area contributed by atoms with Crippen molar-refractivity contribution in [3.8, 4) is 5.75 Å². The first kappa shape index (κ1) is 20.8. The van der Waals surface area contributed by atoms with Crippen molar-refractivity contribution in [2.45, 2.75) is 13.1 Å². The standard InChI is InChI=1S/C19H20F3N5O/c1-10(23)17(12-4-7-16(25)26-9-12)18(27-11(2)24)14-8-13(19(20,21)22)5-6-15(14)28-3/h4-9H,2,23-24H2,1,3H3,(H2,25,26)/b17-10-,27-18-. The van der Waals surface area contributed by atoms with Crippen LogP contribution in [-0.2, 0) is 6.18 Å². The normalized spacial score (nSPS) is 13.1. The molecular formula is C19H20F3N5O. The van der Waals surface area contributed by atoms with Gasteiger partial charge in [-0.25, -0.2) is 9.98 Å². The number of hydrogen-bond acceptors (Lipinski definition) is 6. The quantitative estimate of drug-likeness (QED) is 0.677. The molecule has 0 aliphatic carbocycles. The summed E-state index contributed by atoms with van der Waals surface area (Å²) in [4.78, 5) is 8.16. The Morgan fingerprint density at radius 3 is 2.32 bits per heavy atom. The molecule has 1 heterocycles. The molecule has 9 heteroatoms. The molecule has 6 nitrogen and oxygen atoms in total. The van der Waals surface area contributed by atoms with Gasteiger partial charge in [0.25, 0.3) is 0 Å². The van der Waals surface area contributed by atoms with Gasteiger partial charge in [-0.3, -0.25) is 0 Å². The second-order valence-corrected chi connectivity index (χ2v) is 5.89. The minimum Gasteiger partial charge on any atom is -0.496 e. The second kappa shape index (κ2) is 8.03. The molecule has 0 saturated heterocycles. The predicted molar refractivity (Wildman–Crippen MR) is 103 cm³/mol. The summed E-state index contributed by atoms with van der Waals surface area (Å²) in [6.45, 7) is 5.11. The first-order chi connectivity index (χ1) is 13.0. The van der Waals surface area contributed by atoms with E-state index in [1.165, 1.54) is 25.4 Å². The smallest absolute Gasteiger partial charge is 0.416 e. The lowest BCUT2D eigenvalue weighted by Gasteiger charge is -2.18. The Bertz CT molecular complexity index is 943. The molecule has 1 aromatic heterocycles. The van der Waals surface area contributed by atoms with Gasteiger partial charge < -0.3 is 21.9 Å². The van der Waals surface area contributed by atoms with Crippen molar-refractivity contribution in [1.82, 2.24) is 4.98 Å². The minimum absolute atomic E-state index is 0.0561. The highest BCUT2D eigenvalue weighted by molar-refractivity contribution is 6.33. The average molecular weight is 391 g/mol. The summed E-state index contributed by atoms with van der Waals surface area (Å²) in [6.07, 6.45) is -3.12. The summed E-state index contributed by atoms with van der Waals surface area (Å²) < 4.78 is 45.1. The Labute approximate surface area is 160 Å². The van der Waals surface area contributed by atoms with Crippen LogP contribution in [0.2, 0.25) is 0 Å². The van der Waals surface area contributed by atoms with Crippen LogP contribution in [0.5, 0.6) is 5.75 Å². The van der Waals surface area contributed by atoms with Crippen LogP contribution in [-0.4, -0.2) is 17.8 Å². The van der Waals surface area contributed by atoms with Crippen molar-refractivity contribution < 1.29 is 17.9 Å². The van der Waals surface area contributed by atoms with Crippen LogP contribution in [0.15, 0.2) is 59.6 Å². The van der Waals surface area contributed by atoms with Gasteiger partial charge in [0, 0.05) is 28.6 Å². The Morgan fingerprint density at radius 1 is 1.18 bits per heavy atom. The molecule has 0 aliphatic rings. The number of aromatic nitrogens is 1. The van der Waals surface area contributed by atoms with Gasteiger partial charge in [-0.2, -0.15) is 13.2 Å². The molecule has 0 spiro atoms. The molecule has 0 unspecified atom stereocenters. The van der Waals surface area contributed by atoms with E-state index in [1.54, 1.807) is 13.0 Å². The van der Waals surface area contributed by atoms with Gasteiger partial charge in [0.05, 0.1) is 18.4 Å². The highest BCUT2D eigenvalue weighted by atomic mass is 19.4. The van der Waals surface area contributed by atoms with Crippen LogP contribution in [0.1, 0.15) is 23.6 Å². The number of hydrogen-bond donors (Lipinski definition) is 3. The van der Waals surface area contributed by atoms with E-state index in [1.807, 2.05) is 0 Å². The molecule has 1 aromatic carbocycles. The van der Waals surface area contributed by atoms with Gasteiger partial charge in [-0.05, 0) is 37.3 Å². The monoisotopic (exact) mass is 391 g/mol. The number of alkyl halides is 3. The molecule has 0 fully saturated rings. The molecule has 0 saturated carbocycles. The third kappa shape index (κ3) is 4.61. The van der Waals surface area contributed by atoms with Crippen LogP contribution < -0.4 is 21.9 Å². The van der Waals surface area contributed by atoms with E-state index in [-0.39, 0.29) is 34.4 Å². The number of nitrogens with two attached hydrogens (primary N) is 3. The van der Waals surface area contributed by atoms with Crippen molar-refractivity contribution in [2.24, 2.45) is 16.5 Å². The highest BCUT2D eigenvalue weighted by Crippen LogP contribution is 2.35. The molecule has 0 radical (unpaired) electrons.